The number of carbonyl (C=O) groups is 1. The van der Waals surface area contributed by atoms with E-state index in [1.54, 1.807) is 0 Å². The number of fused-ring (bicyclic) bond motifs is 1. The zero-order valence-electron chi connectivity index (χ0n) is 12.8. The van der Waals surface area contributed by atoms with Crippen molar-refractivity contribution in [3.8, 4) is 0 Å². The third kappa shape index (κ3) is 3.83. The van der Waals surface area contributed by atoms with E-state index in [0.29, 0.717) is 6.54 Å². The van der Waals surface area contributed by atoms with E-state index < -0.39 is 5.97 Å². The third-order valence-electron chi connectivity index (χ3n) is 4.08. The average Bonchev–Trinajstić information content (AvgIpc) is 2.79. The fourth-order valence-corrected chi connectivity index (χ4v) is 2.83. The highest BCUT2D eigenvalue weighted by molar-refractivity contribution is 5.66. The van der Waals surface area contributed by atoms with Crippen LogP contribution in [-0.4, -0.2) is 28.1 Å². The minimum Gasteiger partial charge on any atom is -0.481 e. The van der Waals surface area contributed by atoms with Gasteiger partial charge < -0.3 is 5.11 Å². The number of carboxylic acid groups (broad SMARTS) is 1. The summed E-state index contributed by atoms with van der Waals surface area (Å²) in [6, 6.07) is 6.75. The molecule has 0 unspecified atom stereocenters. The maximum atomic E-state index is 10.8. The van der Waals surface area contributed by atoms with Crippen LogP contribution in [0.3, 0.4) is 0 Å². The summed E-state index contributed by atoms with van der Waals surface area (Å²) in [5, 5.41) is 8.89. The summed E-state index contributed by atoms with van der Waals surface area (Å²) < 4.78 is 0. The molecule has 2 rings (SSSR count). The van der Waals surface area contributed by atoms with Gasteiger partial charge in [-0.15, -0.1) is 0 Å². The Labute approximate surface area is 121 Å². The molecule has 20 heavy (non-hydrogen) atoms. The molecule has 0 spiro atoms. The number of aryl methyl sites for hydroxylation is 2. The number of carboxylic acids is 1. The monoisotopic (exact) mass is 275 g/mol. The van der Waals surface area contributed by atoms with Gasteiger partial charge in [0.2, 0.25) is 0 Å². The molecule has 0 atom stereocenters. The van der Waals surface area contributed by atoms with Crippen molar-refractivity contribution >= 4 is 5.97 Å². The summed E-state index contributed by atoms with van der Waals surface area (Å²) in [6.45, 7) is 7.84. The van der Waals surface area contributed by atoms with Gasteiger partial charge in [0.25, 0.3) is 0 Å². The van der Waals surface area contributed by atoms with Crippen LogP contribution in [0.25, 0.3) is 0 Å². The molecule has 1 aromatic carbocycles. The van der Waals surface area contributed by atoms with Gasteiger partial charge in [-0.25, -0.2) is 0 Å². The van der Waals surface area contributed by atoms with Crippen LogP contribution in [0.2, 0.25) is 0 Å². The van der Waals surface area contributed by atoms with Gasteiger partial charge in [0.1, 0.15) is 0 Å². The first-order valence-electron chi connectivity index (χ1n) is 7.44. The summed E-state index contributed by atoms with van der Waals surface area (Å²) >= 11 is 0. The van der Waals surface area contributed by atoms with Crippen molar-refractivity contribution in [2.75, 3.05) is 6.54 Å². The Balaban J connectivity index is 2.09. The van der Waals surface area contributed by atoms with Crippen molar-refractivity contribution in [2.24, 2.45) is 0 Å². The molecule has 110 valence electrons. The van der Waals surface area contributed by atoms with E-state index in [9.17, 15) is 4.79 Å². The van der Waals surface area contributed by atoms with Crippen molar-refractivity contribution in [3.63, 3.8) is 0 Å². The quantitative estimate of drug-likeness (QED) is 0.896. The molecule has 0 aromatic heterocycles. The standard InChI is InChI=1S/C17H25NO2/c1-17(2,3)18(10-9-16(19)20)12-13-7-8-14-5-4-6-15(14)11-13/h7-8,11H,4-6,9-10,12H2,1-3H3,(H,19,20). The van der Waals surface area contributed by atoms with E-state index in [1.165, 1.54) is 36.0 Å². The molecule has 0 saturated carbocycles. The van der Waals surface area contributed by atoms with Crippen molar-refractivity contribution in [1.82, 2.24) is 4.90 Å². The SMILES string of the molecule is CC(C)(C)N(CCC(=O)O)Cc1ccc2c(c1)CCC2. The van der Waals surface area contributed by atoms with Crippen molar-refractivity contribution in [1.29, 1.82) is 0 Å². The van der Waals surface area contributed by atoms with E-state index in [-0.39, 0.29) is 12.0 Å². The van der Waals surface area contributed by atoms with Crippen molar-refractivity contribution in [3.05, 3.63) is 34.9 Å². The van der Waals surface area contributed by atoms with Crippen LogP contribution in [0.4, 0.5) is 0 Å². The van der Waals surface area contributed by atoms with Crippen LogP contribution in [-0.2, 0) is 24.2 Å². The van der Waals surface area contributed by atoms with Crippen LogP contribution in [0.15, 0.2) is 18.2 Å². The first kappa shape index (κ1) is 15.0. The largest absolute Gasteiger partial charge is 0.481 e. The minimum atomic E-state index is -0.729. The van der Waals surface area contributed by atoms with Crippen molar-refractivity contribution < 1.29 is 9.90 Å². The molecule has 0 radical (unpaired) electrons. The fraction of sp³-hybridized carbons (Fsp3) is 0.588. The predicted molar refractivity (Wildman–Crippen MR) is 80.9 cm³/mol. The number of nitrogens with zero attached hydrogens (tertiary/aromatic N) is 1. The number of hydrogen-bond acceptors (Lipinski definition) is 2. The maximum absolute atomic E-state index is 10.8. The smallest absolute Gasteiger partial charge is 0.304 e. The molecule has 1 aromatic rings. The van der Waals surface area contributed by atoms with E-state index in [4.69, 9.17) is 5.11 Å². The zero-order chi connectivity index (χ0) is 14.8. The maximum Gasteiger partial charge on any atom is 0.304 e. The number of benzene rings is 1. The molecule has 0 amide bonds. The lowest BCUT2D eigenvalue weighted by Crippen LogP contribution is -2.42. The first-order valence-corrected chi connectivity index (χ1v) is 7.44. The van der Waals surface area contributed by atoms with Crippen molar-refractivity contribution in [2.45, 2.75) is 58.5 Å². The normalized spacial score (nSPS) is 14.6. The Morgan fingerprint density at radius 2 is 1.95 bits per heavy atom. The Bertz CT molecular complexity index is 488. The van der Waals surface area contributed by atoms with E-state index in [2.05, 4.69) is 43.9 Å². The second-order valence-electron chi connectivity index (χ2n) is 6.69. The van der Waals surface area contributed by atoms with E-state index >= 15 is 0 Å². The molecule has 0 fully saturated rings. The fourth-order valence-electron chi connectivity index (χ4n) is 2.83. The van der Waals surface area contributed by atoms with Gasteiger partial charge >= 0.3 is 5.97 Å². The Morgan fingerprint density at radius 1 is 1.25 bits per heavy atom. The Morgan fingerprint density at radius 3 is 2.60 bits per heavy atom. The molecule has 3 heteroatoms. The first-order chi connectivity index (χ1) is 9.36. The van der Waals surface area contributed by atoms with Crippen LogP contribution in [0.1, 0.15) is 50.3 Å². The Hall–Kier alpha value is -1.35. The molecular formula is C17H25NO2. The highest BCUT2D eigenvalue weighted by atomic mass is 16.4. The molecular weight excluding hydrogens is 250 g/mol. The third-order valence-corrected chi connectivity index (χ3v) is 4.08. The second kappa shape index (κ2) is 5.96. The summed E-state index contributed by atoms with van der Waals surface area (Å²) in [7, 11) is 0. The number of aliphatic carboxylic acids is 1. The lowest BCUT2D eigenvalue weighted by molar-refractivity contribution is -0.137. The van der Waals surface area contributed by atoms with Crippen LogP contribution in [0.5, 0.6) is 0 Å². The van der Waals surface area contributed by atoms with Crippen LogP contribution < -0.4 is 0 Å². The van der Waals surface area contributed by atoms with Gasteiger partial charge in [0.05, 0.1) is 6.42 Å². The van der Waals surface area contributed by atoms with E-state index in [1.807, 2.05) is 0 Å². The van der Waals surface area contributed by atoms with Gasteiger partial charge in [-0.05, 0) is 56.7 Å². The predicted octanol–water partition coefficient (Wildman–Crippen LogP) is 3.25. The molecule has 3 nitrogen and oxygen atoms in total. The van der Waals surface area contributed by atoms with Gasteiger partial charge in [0, 0.05) is 18.6 Å². The molecule has 0 aliphatic heterocycles. The minimum absolute atomic E-state index is 0.0194. The summed E-state index contributed by atoms with van der Waals surface area (Å²) in [6.07, 6.45) is 3.86. The van der Waals surface area contributed by atoms with E-state index in [0.717, 1.165) is 6.54 Å². The molecule has 0 heterocycles. The van der Waals surface area contributed by atoms with Gasteiger partial charge in [-0.1, -0.05) is 18.2 Å². The molecule has 1 aliphatic rings. The van der Waals surface area contributed by atoms with Gasteiger partial charge in [-0.3, -0.25) is 9.69 Å². The van der Waals surface area contributed by atoms with Gasteiger partial charge in [0.15, 0.2) is 0 Å². The van der Waals surface area contributed by atoms with Crippen LogP contribution in [0, 0.1) is 0 Å². The summed E-state index contributed by atoms with van der Waals surface area (Å²) in [5.74, 6) is -0.729. The summed E-state index contributed by atoms with van der Waals surface area (Å²) in [4.78, 5) is 13.1. The van der Waals surface area contributed by atoms with Crippen LogP contribution >= 0.6 is 0 Å². The zero-order valence-corrected chi connectivity index (χ0v) is 12.8. The lowest BCUT2D eigenvalue weighted by atomic mass is 10.0. The number of rotatable bonds is 5. The second-order valence-corrected chi connectivity index (χ2v) is 6.69. The topological polar surface area (TPSA) is 40.5 Å². The molecule has 0 saturated heterocycles. The molecule has 1 aliphatic carbocycles. The Kier molecular flexibility index (Phi) is 4.48. The molecule has 0 bridgehead atoms. The molecule has 1 N–H and O–H groups in total. The number of hydrogen-bond donors (Lipinski definition) is 1. The average molecular weight is 275 g/mol. The highest BCUT2D eigenvalue weighted by Gasteiger charge is 2.22. The highest BCUT2D eigenvalue weighted by Crippen LogP contribution is 2.25. The summed E-state index contributed by atoms with van der Waals surface area (Å²) in [5.41, 5.74) is 4.25. The lowest BCUT2D eigenvalue weighted by Gasteiger charge is -2.35. The van der Waals surface area contributed by atoms with Gasteiger partial charge in [-0.2, -0.15) is 0 Å².